The molecule has 0 bridgehead atoms. The second-order valence-electron chi connectivity index (χ2n) is 6.00. The smallest absolute Gasteiger partial charge is 0.251 e. The number of carbonyl (C=O) groups excluding carboxylic acids is 1. The van der Waals surface area contributed by atoms with Crippen LogP contribution in [0.2, 0.25) is 0 Å². The number of carbonyl (C=O) groups is 1. The maximum absolute atomic E-state index is 12.3. The van der Waals surface area contributed by atoms with Crippen molar-refractivity contribution in [3.8, 4) is 0 Å². The van der Waals surface area contributed by atoms with Crippen LogP contribution in [0, 0.1) is 6.92 Å². The summed E-state index contributed by atoms with van der Waals surface area (Å²) in [6, 6.07) is 16.0. The lowest BCUT2D eigenvalue weighted by atomic mass is 10.0. The van der Waals surface area contributed by atoms with Gasteiger partial charge < -0.3 is 16.0 Å². The summed E-state index contributed by atoms with van der Waals surface area (Å²) >= 11 is 0. The molecule has 130 valence electrons. The van der Waals surface area contributed by atoms with Crippen molar-refractivity contribution in [2.75, 3.05) is 20.6 Å². The first kappa shape index (κ1) is 20.2. The number of amides is 1. The second-order valence-corrected chi connectivity index (χ2v) is 6.00. The Balaban J connectivity index is 0.00000288. The summed E-state index contributed by atoms with van der Waals surface area (Å²) in [6.45, 7) is 3.12. The highest BCUT2D eigenvalue weighted by atomic mass is 35.5. The molecule has 0 aliphatic heterocycles. The van der Waals surface area contributed by atoms with Gasteiger partial charge in [0.2, 0.25) is 0 Å². The summed E-state index contributed by atoms with van der Waals surface area (Å²) in [4.78, 5) is 14.4. The topological polar surface area (TPSA) is 58.4 Å². The van der Waals surface area contributed by atoms with Gasteiger partial charge in [0.25, 0.3) is 5.91 Å². The van der Waals surface area contributed by atoms with E-state index in [0.29, 0.717) is 18.7 Å². The molecule has 0 saturated heterocycles. The largest absolute Gasteiger partial charge is 0.350 e. The van der Waals surface area contributed by atoms with Crippen LogP contribution < -0.4 is 11.1 Å². The normalized spacial score (nSPS) is 11.7. The molecule has 1 amide bonds. The minimum atomic E-state index is -0.0625. The molecule has 0 aliphatic carbocycles. The second kappa shape index (κ2) is 9.42. The molecule has 0 aromatic heterocycles. The Morgan fingerprint density at radius 1 is 1.08 bits per heavy atom. The van der Waals surface area contributed by atoms with Gasteiger partial charge in [-0.15, -0.1) is 12.4 Å². The zero-order valence-corrected chi connectivity index (χ0v) is 15.3. The molecule has 5 heteroatoms. The summed E-state index contributed by atoms with van der Waals surface area (Å²) in [7, 11) is 4.04. The first-order valence-electron chi connectivity index (χ1n) is 7.81. The van der Waals surface area contributed by atoms with E-state index in [1.807, 2.05) is 38.4 Å². The Kier molecular flexibility index (Phi) is 7.92. The van der Waals surface area contributed by atoms with E-state index in [9.17, 15) is 4.79 Å². The van der Waals surface area contributed by atoms with Gasteiger partial charge in [-0.05, 0) is 44.3 Å². The lowest BCUT2D eigenvalue weighted by Crippen LogP contribution is -2.34. The molecule has 0 aliphatic rings. The number of hydrogen-bond acceptors (Lipinski definition) is 3. The van der Waals surface area contributed by atoms with Crippen molar-refractivity contribution in [1.29, 1.82) is 0 Å². The molecule has 2 aromatic carbocycles. The number of hydrogen-bond donors (Lipinski definition) is 2. The minimum absolute atomic E-state index is 0. The Hall–Kier alpha value is -1.88. The molecular formula is C19H26ClN3O. The van der Waals surface area contributed by atoms with Crippen molar-refractivity contribution >= 4 is 18.3 Å². The fraction of sp³-hybridized carbons (Fsp3) is 0.316. The predicted molar refractivity (Wildman–Crippen MR) is 102 cm³/mol. The molecule has 4 nitrogen and oxygen atoms in total. The molecule has 2 aromatic rings. The van der Waals surface area contributed by atoms with Crippen LogP contribution >= 0.6 is 12.4 Å². The Bertz CT molecular complexity index is 639. The highest BCUT2D eigenvalue weighted by Crippen LogP contribution is 2.18. The SMILES string of the molecule is Cc1ccc(C(CNC(=O)c2ccc(CN)cc2)N(C)C)cc1.Cl. The van der Waals surface area contributed by atoms with Crippen molar-refractivity contribution in [3.05, 3.63) is 70.8 Å². The van der Waals surface area contributed by atoms with Crippen LogP contribution in [0.25, 0.3) is 0 Å². The van der Waals surface area contributed by atoms with Crippen molar-refractivity contribution < 1.29 is 4.79 Å². The van der Waals surface area contributed by atoms with Crippen LogP contribution in [0.15, 0.2) is 48.5 Å². The third-order valence-corrected chi connectivity index (χ3v) is 3.99. The minimum Gasteiger partial charge on any atom is -0.350 e. The molecule has 0 fully saturated rings. The molecule has 0 radical (unpaired) electrons. The van der Waals surface area contributed by atoms with E-state index in [0.717, 1.165) is 5.56 Å². The van der Waals surface area contributed by atoms with E-state index < -0.39 is 0 Å². The van der Waals surface area contributed by atoms with Crippen LogP contribution in [0.5, 0.6) is 0 Å². The van der Waals surface area contributed by atoms with Crippen LogP contribution in [-0.4, -0.2) is 31.4 Å². The van der Waals surface area contributed by atoms with Crippen molar-refractivity contribution in [2.24, 2.45) is 5.73 Å². The zero-order valence-electron chi connectivity index (χ0n) is 14.5. The van der Waals surface area contributed by atoms with E-state index in [1.165, 1.54) is 11.1 Å². The molecule has 0 spiro atoms. The number of nitrogens with one attached hydrogen (secondary N) is 1. The van der Waals surface area contributed by atoms with Gasteiger partial charge in [0.05, 0.1) is 6.04 Å². The zero-order chi connectivity index (χ0) is 16.8. The van der Waals surface area contributed by atoms with E-state index >= 15 is 0 Å². The maximum atomic E-state index is 12.3. The molecule has 3 N–H and O–H groups in total. The van der Waals surface area contributed by atoms with Gasteiger partial charge in [-0.1, -0.05) is 42.0 Å². The number of likely N-dealkylation sites (N-methyl/N-ethyl adjacent to an activating group) is 1. The van der Waals surface area contributed by atoms with Crippen molar-refractivity contribution in [1.82, 2.24) is 10.2 Å². The maximum Gasteiger partial charge on any atom is 0.251 e. The predicted octanol–water partition coefficient (Wildman–Crippen LogP) is 2.91. The van der Waals surface area contributed by atoms with Gasteiger partial charge in [-0.3, -0.25) is 4.79 Å². The average molecular weight is 348 g/mol. The Morgan fingerprint density at radius 3 is 2.17 bits per heavy atom. The Labute approximate surface area is 150 Å². The van der Waals surface area contributed by atoms with Gasteiger partial charge in [-0.2, -0.15) is 0 Å². The van der Waals surface area contributed by atoms with E-state index in [2.05, 4.69) is 41.4 Å². The molecular weight excluding hydrogens is 322 g/mol. The standard InChI is InChI=1S/C19H25N3O.ClH/c1-14-4-8-16(9-5-14)18(22(2)3)13-21-19(23)17-10-6-15(12-20)7-11-17;/h4-11,18H,12-13,20H2,1-3H3,(H,21,23);1H. The van der Waals surface area contributed by atoms with Crippen molar-refractivity contribution in [3.63, 3.8) is 0 Å². The highest BCUT2D eigenvalue weighted by molar-refractivity contribution is 5.94. The van der Waals surface area contributed by atoms with Gasteiger partial charge in [0.15, 0.2) is 0 Å². The van der Waals surface area contributed by atoms with Crippen LogP contribution in [0.1, 0.15) is 33.1 Å². The molecule has 2 rings (SSSR count). The summed E-state index contributed by atoms with van der Waals surface area (Å²) in [5.74, 6) is -0.0625. The summed E-state index contributed by atoms with van der Waals surface area (Å²) < 4.78 is 0. The lowest BCUT2D eigenvalue weighted by molar-refractivity contribution is 0.0942. The quantitative estimate of drug-likeness (QED) is 0.844. The van der Waals surface area contributed by atoms with Crippen LogP contribution in [0.4, 0.5) is 0 Å². The third-order valence-electron chi connectivity index (χ3n) is 3.99. The van der Waals surface area contributed by atoms with E-state index in [4.69, 9.17) is 5.73 Å². The van der Waals surface area contributed by atoms with Crippen LogP contribution in [-0.2, 0) is 6.54 Å². The van der Waals surface area contributed by atoms with E-state index in [1.54, 1.807) is 0 Å². The highest BCUT2D eigenvalue weighted by Gasteiger charge is 2.15. The van der Waals surface area contributed by atoms with Gasteiger partial charge in [0, 0.05) is 18.7 Å². The number of halogens is 1. The molecule has 0 saturated carbocycles. The monoisotopic (exact) mass is 347 g/mol. The van der Waals surface area contributed by atoms with Gasteiger partial charge in [-0.25, -0.2) is 0 Å². The number of nitrogens with zero attached hydrogens (tertiary/aromatic N) is 1. The average Bonchev–Trinajstić information content (AvgIpc) is 2.56. The third kappa shape index (κ3) is 5.34. The molecule has 24 heavy (non-hydrogen) atoms. The van der Waals surface area contributed by atoms with E-state index in [-0.39, 0.29) is 24.4 Å². The Morgan fingerprint density at radius 2 is 1.67 bits per heavy atom. The first-order chi connectivity index (χ1) is 11.0. The van der Waals surface area contributed by atoms with Crippen LogP contribution in [0.3, 0.4) is 0 Å². The summed E-state index contributed by atoms with van der Waals surface area (Å²) in [5, 5.41) is 3.02. The van der Waals surface area contributed by atoms with Gasteiger partial charge >= 0.3 is 0 Å². The number of rotatable bonds is 6. The first-order valence-corrected chi connectivity index (χ1v) is 7.81. The number of nitrogens with two attached hydrogens (primary N) is 1. The van der Waals surface area contributed by atoms with Crippen molar-refractivity contribution in [2.45, 2.75) is 19.5 Å². The fourth-order valence-electron chi connectivity index (χ4n) is 2.47. The lowest BCUT2D eigenvalue weighted by Gasteiger charge is -2.25. The number of aryl methyl sites for hydroxylation is 1. The summed E-state index contributed by atoms with van der Waals surface area (Å²) in [5.41, 5.74) is 9.68. The molecule has 1 atom stereocenters. The van der Waals surface area contributed by atoms with Gasteiger partial charge in [0.1, 0.15) is 0 Å². The number of benzene rings is 2. The summed E-state index contributed by atoms with van der Waals surface area (Å²) in [6.07, 6.45) is 0. The molecule has 1 unspecified atom stereocenters. The fourth-order valence-corrected chi connectivity index (χ4v) is 2.47. The molecule has 0 heterocycles.